The zero-order chi connectivity index (χ0) is 4.28. The Balaban J connectivity index is 2.54. The molecule has 0 fully saturated rings. The molecule has 1 atom stereocenters. The highest BCUT2D eigenvalue weighted by molar-refractivity contribution is 8.08. The van der Waals surface area contributed by atoms with Crippen LogP contribution in [-0.2, 0) is 0 Å². The maximum absolute atomic E-state index is 5.01. The molecule has 3 heteroatoms. The first kappa shape index (κ1) is 5.66. The molecule has 0 bridgehead atoms. The molecule has 0 aromatic heterocycles. The molecule has 0 spiro atoms. The van der Waals surface area contributed by atoms with Gasteiger partial charge in [-0.05, 0) is 6.92 Å². The molecule has 1 unspecified atom stereocenters. The second-order valence-corrected chi connectivity index (χ2v) is 2.84. The van der Waals surface area contributed by atoms with E-state index in [0.29, 0.717) is 0 Å². The molecule has 1 nitrogen and oxygen atoms in total. The molecular formula is C2H7NS2. The van der Waals surface area contributed by atoms with Crippen LogP contribution in [0.1, 0.15) is 6.92 Å². The predicted molar refractivity (Wildman–Crippen MR) is 30.2 cm³/mol. The summed E-state index contributed by atoms with van der Waals surface area (Å²) in [6.45, 7) is 1.92. The highest BCUT2D eigenvalue weighted by Crippen LogP contribution is 2.02. The average Bonchev–Trinajstić information content (AvgIpc) is 1.38. The predicted octanol–water partition coefficient (Wildman–Crippen LogP) is 0.869. The third-order valence-electron chi connectivity index (χ3n) is 0.197. The van der Waals surface area contributed by atoms with Crippen molar-refractivity contribution in [1.82, 2.24) is 0 Å². The van der Waals surface area contributed by atoms with Gasteiger partial charge in [0.25, 0.3) is 0 Å². The second-order valence-electron chi connectivity index (χ2n) is 0.735. The molecule has 2 N–H and O–H groups in total. The van der Waals surface area contributed by atoms with Crippen molar-refractivity contribution in [3.8, 4) is 0 Å². The molecule has 0 aliphatic heterocycles. The summed E-state index contributed by atoms with van der Waals surface area (Å²) < 4.78 is 0.273. The van der Waals surface area contributed by atoms with Gasteiger partial charge in [-0.25, -0.2) is 0 Å². The van der Waals surface area contributed by atoms with Crippen LogP contribution in [-0.4, -0.2) is 4.58 Å². The minimum absolute atomic E-state index is 0.273. The van der Waals surface area contributed by atoms with Gasteiger partial charge in [-0.1, -0.05) is 11.9 Å². The van der Waals surface area contributed by atoms with E-state index in [4.69, 9.17) is 5.14 Å². The van der Waals surface area contributed by atoms with Crippen LogP contribution in [0.5, 0.6) is 0 Å². The van der Waals surface area contributed by atoms with Gasteiger partial charge in [0.1, 0.15) is 0 Å². The van der Waals surface area contributed by atoms with E-state index in [-0.39, 0.29) is 4.58 Å². The summed E-state index contributed by atoms with van der Waals surface area (Å²) in [5.41, 5.74) is 0. The van der Waals surface area contributed by atoms with Crippen LogP contribution in [0.25, 0.3) is 0 Å². The monoisotopic (exact) mass is 109 g/mol. The van der Waals surface area contributed by atoms with Crippen LogP contribution in [0.4, 0.5) is 0 Å². The van der Waals surface area contributed by atoms with E-state index in [9.17, 15) is 0 Å². The lowest BCUT2D eigenvalue weighted by Crippen LogP contribution is -1.86. The molecule has 0 rings (SSSR count). The smallest absolute Gasteiger partial charge is 0.0586 e. The third kappa shape index (κ3) is 4.66. The summed E-state index contributed by atoms with van der Waals surface area (Å²) in [5, 5.41) is 5.01. The summed E-state index contributed by atoms with van der Waals surface area (Å²) in [7, 11) is 0. The van der Waals surface area contributed by atoms with Crippen molar-refractivity contribution in [3.05, 3.63) is 0 Å². The lowest BCUT2D eigenvalue weighted by atomic mass is 11.0. The van der Waals surface area contributed by atoms with Crippen LogP contribution < -0.4 is 5.14 Å². The Labute approximate surface area is 41.9 Å². The van der Waals surface area contributed by atoms with Gasteiger partial charge in [0.15, 0.2) is 0 Å². The van der Waals surface area contributed by atoms with Crippen molar-refractivity contribution in [3.63, 3.8) is 0 Å². The Morgan fingerprint density at radius 1 is 2.00 bits per heavy atom. The standard InChI is InChI=1S/C2H7NS2/c1-2(4)5-3/h2,4H,3H2,1H3. The van der Waals surface area contributed by atoms with E-state index in [1.807, 2.05) is 6.92 Å². The van der Waals surface area contributed by atoms with Gasteiger partial charge in [-0.3, -0.25) is 5.14 Å². The Morgan fingerprint density at radius 2 is 2.20 bits per heavy atom. The van der Waals surface area contributed by atoms with Gasteiger partial charge in [0.05, 0.1) is 4.58 Å². The maximum atomic E-state index is 5.01. The zero-order valence-corrected chi connectivity index (χ0v) is 4.72. The summed E-state index contributed by atoms with van der Waals surface area (Å²) in [5.74, 6) is 0. The van der Waals surface area contributed by atoms with Crippen LogP contribution in [0.15, 0.2) is 0 Å². The lowest BCUT2D eigenvalue weighted by Gasteiger charge is -1.89. The largest absolute Gasteiger partial charge is 0.277 e. The number of hydrogen-bond donors (Lipinski definition) is 2. The molecule has 0 radical (unpaired) electrons. The normalized spacial score (nSPS) is 15.0. The van der Waals surface area contributed by atoms with Crippen LogP contribution in [0.2, 0.25) is 0 Å². The van der Waals surface area contributed by atoms with Crippen LogP contribution >= 0.6 is 24.6 Å². The fourth-order valence-corrected chi connectivity index (χ4v) is 0. The maximum Gasteiger partial charge on any atom is 0.0586 e. The number of thiol groups is 1. The van der Waals surface area contributed by atoms with E-state index >= 15 is 0 Å². The quantitative estimate of drug-likeness (QED) is 0.297. The van der Waals surface area contributed by atoms with E-state index in [1.165, 1.54) is 11.9 Å². The van der Waals surface area contributed by atoms with E-state index in [0.717, 1.165) is 0 Å². The van der Waals surface area contributed by atoms with E-state index in [1.54, 1.807) is 0 Å². The minimum Gasteiger partial charge on any atom is -0.277 e. The molecule has 0 aromatic rings. The van der Waals surface area contributed by atoms with Gasteiger partial charge in [-0.2, -0.15) is 12.6 Å². The Hall–Kier alpha value is 0.660. The Morgan fingerprint density at radius 3 is 2.20 bits per heavy atom. The molecule has 0 amide bonds. The first-order valence-corrected chi connectivity index (χ1v) is 2.77. The topological polar surface area (TPSA) is 26.0 Å². The Kier molecular flexibility index (Phi) is 3.25. The molecule has 0 aliphatic rings. The molecule has 0 saturated heterocycles. The van der Waals surface area contributed by atoms with Crippen molar-refractivity contribution >= 4 is 24.6 Å². The highest BCUT2D eigenvalue weighted by atomic mass is 32.2. The minimum atomic E-state index is 0.273. The average molecular weight is 109 g/mol. The molecule has 5 heavy (non-hydrogen) atoms. The van der Waals surface area contributed by atoms with Gasteiger partial charge in [0.2, 0.25) is 0 Å². The van der Waals surface area contributed by atoms with Crippen LogP contribution in [0.3, 0.4) is 0 Å². The fraction of sp³-hybridized carbons (Fsp3) is 1.00. The summed E-state index contributed by atoms with van der Waals surface area (Å²) >= 11 is 5.18. The van der Waals surface area contributed by atoms with E-state index in [2.05, 4.69) is 12.6 Å². The summed E-state index contributed by atoms with van der Waals surface area (Å²) in [4.78, 5) is 0. The zero-order valence-electron chi connectivity index (χ0n) is 3.01. The molecule has 0 heterocycles. The van der Waals surface area contributed by atoms with Crippen molar-refractivity contribution < 1.29 is 0 Å². The van der Waals surface area contributed by atoms with Crippen molar-refractivity contribution in [2.75, 3.05) is 0 Å². The molecule has 0 saturated carbocycles. The van der Waals surface area contributed by atoms with Crippen molar-refractivity contribution in [1.29, 1.82) is 0 Å². The molecule has 0 aromatic carbocycles. The van der Waals surface area contributed by atoms with Gasteiger partial charge in [0, 0.05) is 0 Å². The second kappa shape index (κ2) is 2.87. The van der Waals surface area contributed by atoms with Crippen molar-refractivity contribution in [2.24, 2.45) is 5.14 Å². The van der Waals surface area contributed by atoms with Crippen molar-refractivity contribution in [2.45, 2.75) is 11.5 Å². The fourth-order valence-electron chi connectivity index (χ4n) is 0. The Bertz CT molecular complexity index is 21.6. The van der Waals surface area contributed by atoms with Crippen LogP contribution in [0, 0.1) is 0 Å². The summed E-state index contributed by atoms with van der Waals surface area (Å²) in [6.07, 6.45) is 0. The van der Waals surface area contributed by atoms with Gasteiger partial charge in [-0.15, -0.1) is 0 Å². The van der Waals surface area contributed by atoms with Gasteiger partial charge < -0.3 is 0 Å². The first-order chi connectivity index (χ1) is 2.27. The third-order valence-corrected chi connectivity index (χ3v) is 0.956. The SMILES string of the molecule is CC(S)SN. The van der Waals surface area contributed by atoms with Gasteiger partial charge >= 0.3 is 0 Å². The summed E-state index contributed by atoms with van der Waals surface area (Å²) in [6, 6.07) is 0. The number of hydrogen-bond acceptors (Lipinski definition) is 3. The molecule has 32 valence electrons. The lowest BCUT2D eigenvalue weighted by molar-refractivity contribution is 1.43. The van der Waals surface area contributed by atoms with E-state index < -0.39 is 0 Å². The molecule has 0 aliphatic carbocycles. The first-order valence-electron chi connectivity index (χ1n) is 1.31. The molecular weight excluding hydrogens is 102 g/mol. The number of rotatable bonds is 1. The number of nitrogens with two attached hydrogens (primary N) is 1. The highest BCUT2D eigenvalue weighted by Gasteiger charge is 1.82.